The van der Waals surface area contributed by atoms with E-state index < -0.39 is 0 Å². The molecule has 0 aliphatic carbocycles. The fourth-order valence-corrected chi connectivity index (χ4v) is 2.00. The molecule has 1 heterocycles. The molecule has 2 rings (SSSR count). The molecule has 0 saturated heterocycles. The molecule has 0 radical (unpaired) electrons. The topological polar surface area (TPSA) is 40.7 Å². The summed E-state index contributed by atoms with van der Waals surface area (Å²) in [4.78, 5) is 0. The van der Waals surface area contributed by atoms with Gasteiger partial charge in [-0.15, -0.1) is 0 Å². The lowest BCUT2D eigenvalue weighted by Crippen LogP contribution is -2.21. The van der Waals surface area contributed by atoms with Crippen LogP contribution in [0.5, 0.6) is 0 Å². The van der Waals surface area contributed by atoms with Gasteiger partial charge in [-0.1, -0.05) is 31.5 Å². The number of aromatic nitrogens is 2. The largest absolute Gasteiger partial charge is 0.309 e. The summed E-state index contributed by atoms with van der Waals surface area (Å²) >= 11 is 9.45. The van der Waals surface area contributed by atoms with Crippen molar-refractivity contribution in [2.24, 2.45) is 0 Å². The third-order valence-electron chi connectivity index (χ3n) is 2.55. The van der Waals surface area contributed by atoms with Crippen LogP contribution in [0.1, 0.15) is 19.5 Å². The number of nitrogens with zero attached hydrogens (tertiary/aromatic N) is 1. The van der Waals surface area contributed by atoms with Crippen molar-refractivity contribution in [3.8, 4) is 11.3 Å². The Balaban J connectivity index is 2.16. The van der Waals surface area contributed by atoms with Crippen molar-refractivity contribution in [3.05, 3.63) is 39.5 Å². The van der Waals surface area contributed by atoms with Gasteiger partial charge in [0.1, 0.15) is 0 Å². The first-order chi connectivity index (χ1) is 8.56. The van der Waals surface area contributed by atoms with E-state index in [1.54, 1.807) is 0 Å². The fraction of sp³-hybridized carbons (Fsp3) is 0.308. The number of benzene rings is 1. The predicted octanol–water partition coefficient (Wildman–Crippen LogP) is 3.99. The van der Waals surface area contributed by atoms with Gasteiger partial charge in [0.2, 0.25) is 0 Å². The van der Waals surface area contributed by atoms with E-state index in [9.17, 15) is 0 Å². The van der Waals surface area contributed by atoms with Crippen LogP contribution in [-0.2, 0) is 6.54 Å². The number of rotatable bonds is 4. The van der Waals surface area contributed by atoms with Crippen LogP contribution in [0.2, 0.25) is 5.02 Å². The van der Waals surface area contributed by atoms with Crippen molar-refractivity contribution in [3.63, 3.8) is 0 Å². The first-order valence-electron chi connectivity index (χ1n) is 5.79. The molecule has 0 fully saturated rings. The molecule has 2 aromatic rings. The average molecular weight is 329 g/mol. The molecule has 0 aliphatic rings. The number of halogens is 2. The molecular weight excluding hydrogens is 314 g/mol. The van der Waals surface area contributed by atoms with Gasteiger partial charge in [0.25, 0.3) is 0 Å². The average Bonchev–Trinajstić information content (AvgIpc) is 2.79. The van der Waals surface area contributed by atoms with Gasteiger partial charge in [-0.2, -0.15) is 5.10 Å². The van der Waals surface area contributed by atoms with Crippen LogP contribution in [-0.4, -0.2) is 16.2 Å². The summed E-state index contributed by atoms with van der Waals surface area (Å²) < 4.78 is 0.894. The van der Waals surface area contributed by atoms with Gasteiger partial charge in [0, 0.05) is 28.3 Å². The van der Waals surface area contributed by atoms with Gasteiger partial charge >= 0.3 is 0 Å². The molecule has 1 aromatic heterocycles. The van der Waals surface area contributed by atoms with Crippen LogP contribution in [0.25, 0.3) is 11.3 Å². The molecular formula is C13H15BrClN3. The number of hydrogen-bond acceptors (Lipinski definition) is 2. The summed E-state index contributed by atoms with van der Waals surface area (Å²) in [6.45, 7) is 5.02. The Hall–Kier alpha value is -0.840. The van der Waals surface area contributed by atoms with Gasteiger partial charge in [0.05, 0.1) is 10.7 Å². The Kier molecular flexibility index (Phi) is 4.43. The van der Waals surface area contributed by atoms with Crippen molar-refractivity contribution >= 4 is 27.5 Å². The highest BCUT2D eigenvalue weighted by atomic mass is 79.9. The van der Waals surface area contributed by atoms with Crippen molar-refractivity contribution in [2.75, 3.05) is 0 Å². The standard InChI is InChI=1S/C13H15BrClN3/c1-8(2)16-7-10-6-13(18-17-10)9-3-4-11(14)12(15)5-9/h3-6,8,16H,7H2,1-2H3,(H,17,18). The van der Waals surface area contributed by atoms with Crippen molar-refractivity contribution in [1.82, 2.24) is 15.5 Å². The van der Waals surface area contributed by atoms with Crippen LogP contribution in [0.4, 0.5) is 0 Å². The van der Waals surface area contributed by atoms with E-state index in [-0.39, 0.29) is 0 Å². The molecule has 0 unspecified atom stereocenters. The predicted molar refractivity (Wildman–Crippen MR) is 78.7 cm³/mol. The van der Waals surface area contributed by atoms with Crippen molar-refractivity contribution in [1.29, 1.82) is 0 Å². The zero-order valence-electron chi connectivity index (χ0n) is 10.3. The zero-order valence-corrected chi connectivity index (χ0v) is 12.6. The molecule has 0 bridgehead atoms. The third-order valence-corrected chi connectivity index (χ3v) is 3.78. The van der Waals surface area contributed by atoms with E-state index in [1.165, 1.54) is 0 Å². The Bertz CT molecular complexity index is 537. The summed E-state index contributed by atoms with van der Waals surface area (Å²) in [6.07, 6.45) is 0. The minimum atomic E-state index is 0.457. The SMILES string of the molecule is CC(C)NCc1cc(-c2ccc(Br)c(Cl)c2)n[nH]1. The Morgan fingerprint density at radius 1 is 1.39 bits per heavy atom. The minimum absolute atomic E-state index is 0.457. The first-order valence-corrected chi connectivity index (χ1v) is 6.96. The normalized spacial score (nSPS) is 11.2. The summed E-state index contributed by atoms with van der Waals surface area (Å²) in [5, 5.41) is 11.4. The molecule has 0 atom stereocenters. The summed E-state index contributed by atoms with van der Waals surface area (Å²) in [5.41, 5.74) is 2.98. The van der Waals surface area contributed by atoms with E-state index in [2.05, 4.69) is 45.3 Å². The first kappa shape index (κ1) is 13.6. The van der Waals surface area contributed by atoms with Crippen LogP contribution in [0, 0.1) is 0 Å². The third kappa shape index (κ3) is 3.34. The van der Waals surface area contributed by atoms with Crippen molar-refractivity contribution < 1.29 is 0 Å². The van der Waals surface area contributed by atoms with E-state index in [4.69, 9.17) is 11.6 Å². The maximum absolute atomic E-state index is 6.08. The van der Waals surface area contributed by atoms with Gasteiger partial charge in [-0.05, 0) is 34.1 Å². The lowest BCUT2D eigenvalue weighted by atomic mass is 10.1. The van der Waals surface area contributed by atoms with Gasteiger partial charge in [-0.25, -0.2) is 0 Å². The van der Waals surface area contributed by atoms with Crippen LogP contribution < -0.4 is 5.32 Å². The lowest BCUT2D eigenvalue weighted by molar-refractivity contribution is 0.580. The summed E-state index contributed by atoms with van der Waals surface area (Å²) in [6, 6.07) is 8.32. The molecule has 96 valence electrons. The highest BCUT2D eigenvalue weighted by Crippen LogP contribution is 2.28. The van der Waals surface area contributed by atoms with Crippen molar-refractivity contribution in [2.45, 2.75) is 26.4 Å². The number of hydrogen-bond donors (Lipinski definition) is 2. The Morgan fingerprint density at radius 3 is 2.83 bits per heavy atom. The molecule has 3 nitrogen and oxygen atoms in total. The maximum Gasteiger partial charge on any atom is 0.0924 e. The van der Waals surface area contributed by atoms with Gasteiger partial charge < -0.3 is 5.32 Å². The molecule has 2 N–H and O–H groups in total. The smallest absolute Gasteiger partial charge is 0.0924 e. The summed E-state index contributed by atoms with van der Waals surface area (Å²) in [7, 11) is 0. The maximum atomic E-state index is 6.08. The van der Waals surface area contributed by atoms with Gasteiger partial charge in [-0.3, -0.25) is 5.10 Å². The number of H-pyrrole nitrogens is 1. The van der Waals surface area contributed by atoms with Crippen LogP contribution >= 0.6 is 27.5 Å². The minimum Gasteiger partial charge on any atom is -0.309 e. The zero-order chi connectivity index (χ0) is 13.1. The molecule has 0 saturated carbocycles. The number of aromatic amines is 1. The molecule has 1 aromatic carbocycles. The molecule has 0 amide bonds. The second kappa shape index (κ2) is 5.87. The molecule has 18 heavy (non-hydrogen) atoms. The Labute approximate surface area is 120 Å². The molecule has 0 aliphatic heterocycles. The molecule has 0 spiro atoms. The van der Waals surface area contributed by atoms with E-state index in [1.807, 2.05) is 24.3 Å². The number of nitrogens with one attached hydrogen (secondary N) is 2. The van der Waals surface area contributed by atoms with Gasteiger partial charge in [0.15, 0.2) is 0 Å². The second-order valence-corrected chi connectivity index (χ2v) is 5.70. The fourth-order valence-electron chi connectivity index (χ4n) is 1.57. The van der Waals surface area contributed by atoms with E-state index >= 15 is 0 Å². The quantitative estimate of drug-likeness (QED) is 0.891. The monoisotopic (exact) mass is 327 g/mol. The van der Waals surface area contributed by atoms with Crippen LogP contribution in [0.15, 0.2) is 28.7 Å². The summed E-state index contributed by atoms with van der Waals surface area (Å²) in [5.74, 6) is 0. The highest BCUT2D eigenvalue weighted by Gasteiger charge is 2.06. The van der Waals surface area contributed by atoms with E-state index in [0.29, 0.717) is 11.1 Å². The Morgan fingerprint density at radius 2 is 2.17 bits per heavy atom. The lowest BCUT2D eigenvalue weighted by Gasteiger charge is -2.04. The highest BCUT2D eigenvalue weighted by molar-refractivity contribution is 9.10. The van der Waals surface area contributed by atoms with Crippen LogP contribution in [0.3, 0.4) is 0 Å². The van der Waals surface area contributed by atoms with E-state index in [0.717, 1.165) is 28.0 Å². The second-order valence-electron chi connectivity index (χ2n) is 4.44. The molecule has 5 heteroatoms.